The molecule has 0 heterocycles. The van der Waals surface area contributed by atoms with Gasteiger partial charge in [0.05, 0.1) is 0 Å². The summed E-state index contributed by atoms with van der Waals surface area (Å²) < 4.78 is 5.04. The van der Waals surface area contributed by atoms with E-state index in [0.717, 1.165) is 26.1 Å². The molecule has 0 aliphatic heterocycles. The summed E-state index contributed by atoms with van der Waals surface area (Å²) in [6.45, 7) is 9.96. The smallest absolute Gasteiger partial charge is 0.0462 e. The highest BCUT2D eigenvalue weighted by atomic mass is 16.5. The van der Waals surface area contributed by atoms with Gasteiger partial charge in [-0.2, -0.15) is 0 Å². The normalized spacial score (nSPS) is 12.0. The Hall–Kier alpha value is -0.0800. The van der Waals surface area contributed by atoms with Gasteiger partial charge in [0.15, 0.2) is 0 Å². The van der Waals surface area contributed by atoms with Crippen molar-refractivity contribution in [1.29, 1.82) is 0 Å². The molecule has 0 aromatic heterocycles. The van der Waals surface area contributed by atoms with Gasteiger partial charge in [-0.15, -0.1) is 0 Å². The fourth-order valence-electron chi connectivity index (χ4n) is 1.39. The van der Waals surface area contributed by atoms with E-state index in [1.54, 1.807) is 7.11 Å². The van der Waals surface area contributed by atoms with Gasteiger partial charge in [-0.3, -0.25) is 0 Å². The summed E-state index contributed by atoms with van der Waals surface area (Å²) in [4.78, 5) is 0. The summed E-state index contributed by atoms with van der Waals surface area (Å²) in [6, 6.07) is 0. The molecule has 0 aromatic rings. The first kappa shape index (κ1) is 12.9. The second-order valence-corrected chi connectivity index (χ2v) is 4.44. The standard InChI is InChI=1S/C11H25NO/c1-5-8-12-10-11(2,3)7-6-9-13-4/h12H,5-10H2,1-4H3. The summed E-state index contributed by atoms with van der Waals surface area (Å²) in [5.41, 5.74) is 0.410. The molecule has 0 amide bonds. The van der Waals surface area contributed by atoms with Crippen molar-refractivity contribution in [2.45, 2.75) is 40.0 Å². The molecule has 0 aliphatic carbocycles. The van der Waals surface area contributed by atoms with Crippen molar-refractivity contribution in [3.05, 3.63) is 0 Å². The van der Waals surface area contributed by atoms with Crippen LogP contribution in [-0.4, -0.2) is 26.8 Å². The van der Waals surface area contributed by atoms with Crippen LogP contribution in [0.5, 0.6) is 0 Å². The van der Waals surface area contributed by atoms with Gasteiger partial charge in [-0.05, 0) is 31.2 Å². The Morgan fingerprint density at radius 1 is 1.31 bits per heavy atom. The highest BCUT2D eigenvalue weighted by Crippen LogP contribution is 2.20. The average molecular weight is 187 g/mol. The quantitative estimate of drug-likeness (QED) is 0.589. The van der Waals surface area contributed by atoms with Crippen LogP contribution in [0.15, 0.2) is 0 Å². The Kier molecular flexibility index (Phi) is 7.29. The van der Waals surface area contributed by atoms with E-state index in [0.29, 0.717) is 5.41 Å². The van der Waals surface area contributed by atoms with Gasteiger partial charge in [0.2, 0.25) is 0 Å². The van der Waals surface area contributed by atoms with Gasteiger partial charge >= 0.3 is 0 Å². The van der Waals surface area contributed by atoms with E-state index >= 15 is 0 Å². The minimum Gasteiger partial charge on any atom is -0.385 e. The van der Waals surface area contributed by atoms with Gasteiger partial charge < -0.3 is 10.1 Å². The summed E-state index contributed by atoms with van der Waals surface area (Å²) >= 11 is 0. The number of nitrogens with one attached hydrogen (secondary N) is 1. The molecular formula is C11H25NO. The largest absolute Gasteiger partial charge is 0.385 e. The summed E-state index contributed by atoms with van der Waals surface area (Å²) in [7, 11) is 1.77. The fraction of sp³-hybridized carbons (Fsp3) is 1.00. The Bertz CT molecular complexity index is 101. The van der Waals surface area contributed by atoms with E-state index in [1.807, 2.05) is 0 Å². The van der Waals surface area contributed by atoms with Crippen molar-refractivity contribution in [2.24, 2.45) is 5.41 Å². The molecule has 0 unspecified atom stereocenters. The van der Waals surface area contributed by atoms with Crippen molar-refractivity contribution < 1.29 is 4.74 Å². The molecule has 0 bridgehead atoms. The van der Waals surface area contributed by atoms with Gasteiger partial charge in [0.1, 0.15) is 0 Å². The highest BCUT2D eigenvalue weighted by molar-refractivity contribution is 4.71. The maximum atomic E-state index is 5.04. The van der Waals surface area contributed by atoms with E-state index in [4.69, 9.17) is 4.74 Å². The molecule has 0 aliphatic rings. The van der Waals surface area contributed by atoms with E-state index < -0.39 is 0 Å². The lowest BCUT2D eigenvalue weighted by Crippen LogP contribution is -2.30. The molecule has 80 valence electrons. The van der Waals surface area contributed by atoms with E-state index in [9.17, 15) is 0 Å². The second kappa shape index (κ2) is 7.34. The molecule has 0 atom stereocenters. The number of rotatable bonds is 8. The third-order valence-corrected chi connectivity index (χ3v) is 2.23. The van der Waals surface area contributed by atoms with Crippen LogP contribution in [0.2, 0.25) is 0 Å². The van der Waals surface area contributed by atoms with E-state index in [2.05, 4.69) is 26.1 Å². The molecule has 0 fully saturated rings. The highest BCUT2D eigenvalue weighted by Gasteiger charge is 2.16. The Morgan fingerprint density at radius 3 is 2.54 bits per heavy atom. The number of methoxy groups -OCH3 is 1. The molecule has 0 saturated heterocycles. The Labute approximate surface area is 83.1 Å². The van der Waals surface area contributed by atoms with Gasteiger partial charge in [-0.25, -0.2) is 0 Å². The van der Waals surface area contributed by atoms with Gasteiger partial charge in [0.25, 0.3) is 0 Å². The molecule has 13 heavy (non-hydrogen) atoms. The van der Waals surface area contributed by atoms with Crippen molar-refractivity contribution in [1.82, 2.24) is 5.32 Å². The van der Waals surface area contributed by atoms with E-state index in [1.165, 1.54) is 12.8 Å². The molecule has 2 heteroatoms. The fourth-order valence-corrected chi connectivity index (χ4v) is 1.39. The van der Waals surface area contributed by atoms with Crippen molar-refractivity contribution >= 4 is 0 Å². The Morgan fingerprint density at radius 2 is 2.00 bits per heavy atom. The molecule has 0 radical (unpaired) electrons. The topological polar surface area (TPSA) is 21.3 Å². The molecule has 0 rings (SSSR count). The van der Waals surface area contributed by atoms with Gasteiger partial charge in [0, 0.05) is 20.3 Å². The minimum absolute atomic E-state index is 0.410. The van der Waals surface area contributed by atoms with Crippen LogP contribution >= 0.6 is 0 Å². The average Bonchev–Trinajstić information content (AvgIpc) is 2.05. The van der Waals surface area contributed by atoms with Crippen LogP contribution in [0, 0.1) is 5.41 Å². The monoisotopic (exact) mass is 187 g/mol. The molecular weight excluding hydrogens is 162 g/mol. The predicted molar refractivity (Wildman–Crippen MR) is 58.1 cm³/mol. The zero-order valence-corrected chi connectivity index (χ0v) is 9.65. The van der Waals surface area contributed by atoms with Crippen molar-refractivity contribution in [3.8, 4) is 0 Å². The van der Waals surface area contributed by atoms with Crippen LogP contribution in [0.1, 0.15) is 40.0 Å². The SMILES string of the molecule is CCCNCC(C)(C)CCCOC. The zero-order valence-electron chi connectivity index (χ0n) is 9.65. The summed E-state index contributed by atoms with van der Waals surface area (Å²) in [5.74, 6) is 0. The first-order chi connectivity index (χ1) is 6.12. The summed E-state index contributed by atoms with van der Waals surface area (Å²) in [6.07, 6.45) is 3.61. The maximum absolute atomic E-state index is 5.04. The lowest BCUT2D eigenvalue weighted by atomic mass is 9.88. The first-order valence-corrected chi connectivity index (χ1v) is 5.32. The minimum atomic E-state index is 0.410. The van der Waals surface area contributed by atoms with Gasteiger partial charge in [-0.1, -0.05) is 20.8 Å². The van der Waals surface area contributed by atoms with Crippen LogP contribution in [0.25, 0.3) is 0 Å². The zero-order chi connectivity index (χ0) is 10.2. The lowest BCUT2D eigenvalue weighted by Gasteiger charge is -2.24. The molecule has 0 spiro atoms. The molecule has 0 saturated carbocycles. The Balaban J connectivity index is 3.42. The molecule has 0 aromatic carbocycles. The van der Waals surface area contributed by atoms with Crippen molar-refractivity contribution in [3.63, 3.8) is 0 Å². The lowest BCUT2D eigenvalue weighted by molar-refractivity contribution is 0.174. The van der Waals surface area contributed by atoms with Crippen LogP contribution in [0.4, 0.5) is 0 Å². The maximum Gasteiger partial charge on any atom is 0.0462 e. The summed E-state index contributed by atoms with van der Waals surface area (Å²) in [5, 5.41) is 3.46. The number of hydrogen-bond donors (Lipinski definition) is 1. The van der Waals surface area contributed by atoms with Crippen molar-refractivity contribution in [2.75, 3.05) is 26.8 Å². The third-order valence-electron chi connectivity index (χ3n) is 2.23. The third kappa shape index (κ3) is 8.26. The van der Waals surface area contributed by atoms with Crippen LogP contribution in [-0.2, 0) is 4.74 Å². The molecule has 1 N–H and O–H groups in total. The predicted octanol–water partition coefficient (Wildman–Crippen LogP) is 2.44. The number of hydrogen-bond acceptors (Lipinski definition) is 2. The first-order valence-electron chi connectivity index (χ1n) is 5.32. The van der Waals surface area contributed by atoms with Crippen LogP contribution in [0.3, 0.4) is 0 Å². The second-order valence-electron chi connectivity index (χ2n) is 4.44. The number of ether oxygens (including phenoxy) is 1. The van der Waals surface area contributed by atoms with Crippen LogP contribution < -0.4 is 5.32 Å². The molecule has 2 nitrogen and oxygen atoms in total. The van der Waals surface area contributed by atoms with E-state index in [-0.39, 0.29) is 0 Å².